The van der Waals surface area contributed by atoms with Crippen molar-refractivity contribution in [3.63, 3.8) is 0 Å². The molecule has 1 aromatic heterocycles. The van der Waals surface area contributed by atoms with Crippen molar-refractivity contribution in [3.8, 4) is 0 Å². The maximum absolute atomic E-state index is 12.2. The monoisotopic (exact) mass is 252 g/mol. The van der Waals surface area contributed by atoms with Gasteiger partial charge in [0.1, 0.15) is 11.4 Å². The molecule has 1 fully saturated rings. The van der Waals surface area contributed by atoms with Crippen molar-refractivity contribution in [3.05, 3.63) is 11.8 Å². The molecule has 6 nitrogen and oxygen atoms in total. The highest BCUT2D eigenvalue weighted by Crippen LogP contribution is 2.30. The molecule has 0 spiro atoms. The van der Waals surface area contributed by atoms with Gasteiger partial charge in [-0.1, -0.05) is 12.8 Å². The molecule has 1 amide bonds. The molecule has 3 N–H and O–H groups in total. The van der Waals surface area contributed by atoms with Gasteiger partial charge in [0.2, 0.25) is 0 Å². The van der Waals surface area contributed by atoms with Gasteiger partial charge in [-0.05, 0) is 12.8 Å². The van der Waals surface area contributed by atoms with Crippen molar-refractivity contribution in [2.45, 2.75) is 31.3 Å². The summed E-state index contributed by atoms with van der Waals surface area (Å²) >= 11 is 0. The van der Waals surface area contributed by atoms with Gasteiger partial charge in [-0.2, -0.15) is 5.10 Å². The molecule has 0 saturated heterocycles. The number of nitrogens with zero attached hydrogens (tertiary/aromatic N) is 3. The van der Waals surface area contributed by atoms with E-state index >= 15 is 0 Å². The third-order valence-electron chi connectivity index (χ3n) is 3.63. The van der Waals surface area contributed by atoms with Crippen LogP contribution in [0.25, 0.3) is 0 Å². The number of amides is 1. The second-order valence-electron chi connectivity index (χ2n) is 5.16. The molecule has 1 heterocycles. The van der Waals surface area contributed by atoms with E-state index in [1.807, 2.05) is 0 Å². The molecule has 0 aliphatic heterocycles. The van der Waals surface area contributed by atoms with E-state index in [0.29, 0.717) is 17.9 Å². The van der Waals surface area contributed by atoms with Crippen LogP contribution < -0.4 is 5.73 Å². The zero-order valence-electron chi connectivity index (χ0n) is 10.9. The SMILES string of the molecule is CN(CC1(O)CCCC1)C(=O)c1cnn(C)c1N. The number of aryl methyl sites for hydroxylation is 1. The molecule has 1 aromatic rings. The molecule has 0 radical (unpaired) electrons. The number of aliphatic hydroxyl groups is 1. The van der Waals surface area contributed by atoms with Crippen LogP contribution >= 0.6 is 0 Å². The minimum absolute atomic E-state index is 0.194. The number of likely N-dealkylation sites (N-methyl/N-ethyl adjacent to an activating group) is 1. The van der Waals surface area contributed by atoms with Crippen molar-refractivity contribution in [2.75, 3.05) is 19.3 Å². The van der Waals surface area contributed by atoms with Crippen LogP contribution in [0.5, 0.6) is 0 Å². The molecule has 0 aromatic carbocycles. The van der Waals surface area contributed by atoms with Gasteiger partial charge < -0.3 is 15.7 Å². The highest BCUT2D eigenvalue weighted by molar-refractivity contribution is 5.98. The van der Waals surface area contributed by atoms with Gasteiger partial charge in [0, 0.05) is 20.6 Å². The Morgan fingerprint density at radius 1 is 1.61 bits per heavy atom. The van der Waals surface area contributed by atoms with Crippen LogP contribution in [-0.2, 0) is 7.05 Å². The zero-order valence-corrected chi connectivity index (χ0v) is 10.9. The van der Waals surface area contributed by atoms with E-state index in [2.05, 4.69) is 5.10 Å². The first-order chi connectivity index (χ1) is 8.43. The van der Waals surface area contributed by atoms with Gasteiger partial charge in [0.15, 0.2) is 0 Å². The van der Waals surface area contributed by atoms with Crippen LogP contribution in [0.1, 0.15) is 36.0 Å². The molecular weight excluding hydrogens is 232 g/mol. The second kappa shape index (κ2) is 4.61. The molecule has 1 aliphatic rings. The minimum atomic E-state index is -0.735. The average molecular weight is 252 g/mol. The van der Waals surface area contributed by atoms with Gasteiger partial charge in [-0.3, -0.25) is 9.48 Å². The van der Waals surface area contributed by atoms with E-state index in [-0.39, 0.29) is 5.91 Å². The predicted molar refractivity (Wildman–Crippen MR) is 68.0 cm³/mol. The van der Waals surface area contributed by atoms with Crippen LogP contribution in [0, 0.1) is 0 Å². The summed E-state index contributed by atoms with van der Waals surface area (Å²) in [6.45, 7) is 0.347. The summed E-state index contributed by atoms with van der Waals surface area (Å²) in [4.78, 5) is 13.7. The van der Waals surface area contributed by atoms with Gasteiger partial charge in [0.25, 0.3) is 5.91 Å². The number of aromatic nitrogens is 2. The lowest BCUT2D eigenvalue weighted by atomic mass is 10.0. The summed E-state index contributed by atoms with van der Waals surface area (Å²) in [5.74, 6) is 0.159. The van der Waals surface area contributed by atoms with Crippen molar-refractivity contribution in [1.29, 1.82) is 0 Å². The summed E-state index contributed by atoms with van der Waals surface area (Å²) in [5, 5.41) is 14.2. The van der Waals surface area contributed by atoms with E-state index in [0.717, 1.165) is 25.7 Å². The Kier molecular flexibility index (Phi) is 3.30. The third-order valence-corrected chi connectivity index (χ3v) is 3.63. The molecule has 6 heteroatoms. The first kappa shape index (κ1) is 12.9. The van der Waals surface area contributed by atoms with E-state index < -0.39 is 5.60 Å². The van der Waals surface area contributed by atoms with E-state index in [9.17, 15) is 9.90 Å². The molecular formula is C12H20N4O2. The lowest BCUT2D eigenvalue weighted by Gasteiger charge is -2.28. The standard InChI is InChI=1S/C12H20N4O2/c1-15(8-12(18)5-3-4-6-12)11(17)9-7-14-16(2)10(9)13/h7,18H,3-6,8,13H2,1-2H3. The van der Waals surface area contributed by atoms with E-state index in [1.165, 1.54) is 15.8 Å². The predicted octanol–water partition coefficient (Wildman–Crippen LogP) is 0.379. The topological polar surface area (TPSA) is 84.4 Å². The van der Waals surface area contributed by atoms with E-state index in [4.69, 9.17) is 5.73 Å². The Morgan fingerprint density at radius 2 is 2.22 bits per heavy atom. The molecule has 100 valence electrons. The van der Waals surface area contributed by atoms with E-state index in [1.54, 1.807) is 14.1 Å². The first-order valence-corrected chi connectivity index (χ1v) is 6.18. The lowest BCUT2D eigenvalue weighted by Crippen LogP contribution is -2.42. The number of rotatable bonds is 3. The molecule has 0 atom stereocenters. The Labute approximate surface area is 106 Å². The van der Waals surface area contributed by atoms with Gasteiger partial charge in [0.05, 0.1) is 11.8 Å². The summed E-state index contributed by atoms with van der Waals surface area (Å²) < 4.78 is 1.46. The minimum Gasteiger partial charge on any atom is -0.388 e. The van der Waals surface area contributed by atoms with Crippen LogP contribution in [0.2, 0.25) is 0 Å². The molecule has 0 unspecified atom stereocenters. The fourth-order valence-corrected chi connectivity index (χ4v) is 2.52. The van der Waals surface area contributed by atoms with Crippen LogP contribution in [-0.4, -0.2) is 44.9 Å². The largest absolute Gasteiger partial charge is 0.388 e. The van der Waals surface area contributed by atoms with Crippen molar-refractivity contribution in [1.82, 2.24) is 14.7 Å². The summed E-state index contributed by atoms with van der Waals surface area (Å²) in [6.07, 6.45) is 5.02. The molecule has 18 heavy (non-hydrogen) atoms. The Hall–Kier alpha value is -1.56. The number of nitrogens with two attached hydrogens (primary N) is 1. The quantitative estimate of drug-likeness (QED) is 0.814. The summed E-state index contributed by atoms with van der Waals surface area (Å²) in [7, 11) is 3.38. The van der Waals surface area contributed by atoms with Gasteiger partial charge >= 0.3 is 0 Å². The van der Waals surface area contributed by atoms with Crippen LogP contribution in [0.3, 0.4) is 0 Å². The third kappa shape index (κ3) is 2.33. The number of hydrogen-bond donors (Lipinski definition) is 2. The number of nitrogen functional groups attached to an aromatic ring is 1. The molecule has 1 saturated carbocycles. The van der Waals surface area contributed by atoms with Gasteiger partial charge in [-0.15, -0.1) is 0 Å². The zero-order chi connectivity index (χ0) is 13.3. The highest BCUT2D eigenvalue weighted by Gasteiger charge is 2.34. The lowest BCUT2D eigenvalue weighted by molar-refractivity contribution is 0.0157. The number of carbonyl (C=O) groups excluding carboxylic acids is 1. The van der Waals surface area contributed by atoms with Crippen molar-refractivity contribution in [2.24, 2.45) is 7.05 Å². The second-order valence-corrected chi connectivity index (χ2v) is 5.16. The number of hydrogen-bond acceptors (Lipinski definition) is 4. The van der Waals surface area contributed by atoms with Crippen LogP contribution in [0.4, 0.5) is 5.82 Å². The number of carbonyl (C=O) groups is 1. The molecule has 1 aliphatic carbocycles. The Morgan fingerprint density at radius 3 is 2.72 bits per heavy atom. The fraction of sp³-hybridized carbons (Fsp3) is 0.667. The first-order valence-electron chi connectivity index (χ1n) is 6.18. The normalized spacial score (nSPS) is 17.9. The maximum atomic E-state index is 12.2. The molecule has 2 rings (SSSR count). The highest BCUT2D eigenvalue weighted by atomic mass is 16.3. The Bertz CT molecular complexity index is 449. The maximum Gasteiger partial charge on any atom is 0.259 e. The number of anilines is 1. The fourth-order valence-electron chi connectivity index (χ4n) is 2.52. The van der Waals surface area contributed by atoms with Gasteiger partial charge in [-0.25, -0.2) is 0 Å². The molecule has 0 bridgehead atoms. The smallest absolute Gasteiger partial charge is 0.259 e. The van der Waals surface area contributed by atoms with Crippen molar-refractivity contribution < 1.29 is 9.90 Å². The van der Waals surface area contributed by atoms with Crippen molar-refractivity contribution >= 4 is 11.7 Å². The summed E-state index contributed by atoms with van der Waals surface area (Å²) in [6, 6.07) is 0. The average Bonchev–Trinajstić information content (AvgIpc) is 2.87. The van der Waals surface area contributed by atoms with Crippen LogP contribution in [0.15, 0.2) is 6.20 Å². The Balaban J connectivity index is 2.07. The summed E-state index contributed by atoms with van der Waals surface area (Å²) in [5.41, 5.74) is 5.43.